The Balaban J connectivity index is 2.02. The van der Waals surface area contributed by atoms with Crippen LogP contribution in [0.5, 0.6) is 0 Å². The molecule has 0 bridgehead atoms. The van der Waals surface area contributed by atoms with E-state index in [9.17, 15) is 4.79 Å². The molecule has 4 nitrogen and oxygen atoms in total. The van der Waals surface area contributed by atoms with Gasteiger partial charge in [0.2, 0.25) is 0 Å². The molecule has 0 radical (unpaired) electrons. The summed E-state index contributed by atoms with van der Waals surface area (Å²) in [6.07, 6.45) is 2.23. The Bertz CT molecular complexity index is 799. The topological polar surface area (TPSA) is 44.1 Å². The van der Waals surface area contributed by atoms with Gasteiger partial charge in [0.05, 0.1) is 18.8 Å². The molecule has 1 atom stereocenters. The number of fused-ring (bicyclic) bond motifs is 1. The van der Waals surface area contributed by atoms with Crippen LogP contribution >= 0.6 is 11.6 Å². The van der Waals surface area contributed by atoms with E-state index in [2.05, 4.69) is 5.10 Å². The highest BCUT2D eigenvalue weighted by molar-refractivity contribution is 6.31. The molecule has 0 saturated heterocycles. The number of ether oxygens (including phenoxy) is 1. The molecule has 3 aromatic rings. The minimum absolute atomic E-state index is 0.316. The van der Waals surface area contributed by atoms with E-state index in [1.807, 2.05) is 42.5 Å². The zero-order chi connectivity index (χ0) is 15.5. The van der Waals surface area contributed by atoms with E-state index in [1.54, 1.807) is 16.9 Å². The number of nitrogens with zero attached hydrogens (tertiary/aromatic N) is 2. The zero-order valence-corrected chi connectivity index (χ0v) is 12.8. The van der Waals surface area contributed by atoms with Gasteiger partial charge in [-0.2, -0.15) is 5.10 Å². The second kappa shape index (κ2) is 6.20. The zero-order valence-electron chi connectivity index (χ0n) is 12.1. The Hall–Kier alpha value is -2.33. The van der Waals surface area contributed by atoms with Crippen molar-refractivity contribution in [1.82, 2.24) is 9.78 Å². The first-order valence-electron chi connectivity index (χ1n) is 6.93. The number of benzene rings is 2. The molecule has 1 aromatic heterocycles. The first-order chi connectivity index (χ1) is 10.7. The van der Waals surface area contributed by atoms with Gasteiger partial charge in [-0.1, -0.05) is 41.9 Å². The highest BCUT2D eigenvalue weighted by Gasteiger charge is 2.24. The van der Waals surface area contributed by atoms with Gasteiger partial charge in [-0.3, -0.25) is 4.68 Å². The van der Waals surface area contributed by atoms with Crippen molar-refractivity contribution in [2.45, 2.75) is 12.5 Å². The van der Waals surface area contributed by atoms with Crippen LogP contribution in [0.15, 0.2) is 54.7 Å². The molecule has 0 aliphatic rings. The van der Waals surface area contributed by atoms with E-state index >= 15 is 0 Å². The summed E-state index contributed by atoms with van der Waals surface area (Å²) in [7, 11) is 1.39. The molecule has 0 aliphatic carbocycles. The molecule has 5 heteroatoms. The van der Waals surface area contributed by atoms with Crippen molar-refractivity contribution in [2.75, 3.05) is 7.11 Å². The first-order valence-corrected chi connectivity index (χ1v) is 7.31. The molecule has 0 aliphatic heterocycles. The SMILES string of the molecule is COC(=O)C(Cc1ccccc1)n1ncc2cc(Cl)ccc21. The lowest BCUT2D eigenvalue weighted by Gasteiger charge is -2.16. The summed E-state index contributed by atoms with van der Waals surface area (Å²) in [6.45, 7) is 0. The average molecular weight is 315 g/mol. The average Bonchev–Trinajstić information content (AvgIpc) is 2.95. The number of carbonyl (C=O) groups excluding carboxylic acids is 1. The molecule has 2 aromatic carbocycles. The molecule has 112 valence electrons. The van der Waals surface area contributed by atoms with E-state index in [4.69, 9.17) is 16.3 Å². The lowest BCUT2D eigenvalue weighted by molar-refractivity contribution is -0.144. The lowest BCUT2D eigenvalue weighted by Crippen LogP contribution is -2.24. The molecule has 0 saturated carbocycles. The van der Waals surface area contributed by atoms with Crippen LogP contribution in [-0.2, 0) is 16.0 Å². The van der Waals surface area contributed by atoms with E-state index in [0.717, 1.165) is 16.5 Å². The van der Waals surface area contributed by atoms with Crippen molar-refractivity contribution >= 4 is 28.5 Å². The van der Waals surface area contributed by atoms with Gasteiger partial charge in [-0.15, -0.1) is 0 Å². The summed E-state index contributed by atoms with van der Waals surface area (Å²) in [6, 6.07) is 14.8. The number of rotatable bonds is 4. The van der Waals surface area contributed by atoms with Crippen LogP contribution in [0.1, 0.15) is 11.6 Å². The van der Waals surface area contributed by atoms with Crippen LogP contribution < -0.4 is 0 Å². The second-order valence-corrected chi connectivity index (χ2v) is 5.46. The third-order valence-electron chi connectivity index (χ3n) is 3.60. The maximum Gasteiger partial charge on any atom is 0.331 e. The fraction of sp³-hybridized carbons (Fsp3) is 0.176. The largest absolute Gasteiger partial charge is 0.467 e. The summed E-state index contributed by atoms with van der Waals surface area (Å²) in [5.41, 5.74) is 1.91. The highest BCUT2D eigenvalue weighted by atomic mass is 35.5. The van der Waals surface area contributed by atoms with E-state index in [-0.39, 0.29) is 5.97 Å². The van der Waals surface area contributed by atoms with E-state index in [0.29, 0.717) is 11.4 Å². The maximum atomic E-state index is 12.2. The van der Waals surface area contributed by atoms with Crippen molar-refractivity contribution in [3.8, 4) is 0 Å². The quantitative estimate of drug-likeness (QED) is 0.690. The smallest absolute Gasteiger partial charge is 0.331 e. The van der Waals surface area contributed by atoms with Crippen molar-refractivity contribution in [1.29, 1.82) is 0 Å². The number of halogens is 1. The van der Waals surface area contributed by atoms with Crippen LogP contribution in [0.3, 0.4) is 0 Å². The summed E-state index contributed by atoms with van der Waals surface area (Å²) in [4.78, 5) is 12.2. The molecule has 3 rings (SSSR count). The van der Waals surface area contributed by atoms with Crippen molar-refractivity contribution in [3.05, 3.63) is 65.3 Å². The molecule has 0 amide bonds. The number of methoxy groups -OCH3 is 1. The molecule has 22 heavy (non-hydrogen) atoms. The number of carbonyl (C=O) groups is 1. The van der Waals surface area contributed by atoms with E-state index < -0.39 is 6.04 Å². The minimum Gasteiger partial charge on any atom is -0.467 e. The van der Waals surface area contributed by atoms with Gasteiger partial charge in [0.15, 0.2) is 6.04 Å². The fourth-order valence-electron chi connectivity index (χ4n) is 2.52. The molecule has 0 spiro atoms. The van der Waals surface area contributed by atoms with Gasteiger partial charge in [0, 0.05) is 16.8 Å². The van der Waals surface area contributed by atoms with Gasteiger partial charge >= 0.3 is 5.97 Å². The standard InChI is InChI=1S/C17H15ClN2O2/c1-22-17(21)16(9-12-5-3-2-4-6-12)20-15-8-7-14(18)10-13(15)11-19-20/h2-8,10-11,16H,9H2,1H3. The van der Waals surface area contributed by atoms with Crippen molar-refractivity contribution in [3.63, 3.8) is 0 Å². The lowest BCUT2D eigenvalue weighted by atomic mass is 10.1. The predicted molar refractivity (Wildman–Crippen MR) is 85.9 cm³/mol. The van der Waals surface area contributed by atoms with Crippen LogP contribution in [0, 0.1) is 0 Å². The van der Waals surface area contributed by atoms with Gasteiger partial charge in [0.25, 0.3) is 0 Å². The van der Waals surface area contributed by atoms with Crippen molar-refractivity contribution in [2.24, 2.45) is 0 Å². The first kappa shape index (κ1) is 14.6. The monoisotopic (exact) mass is 314 g/mol. The van der Waals surface area contributed by atoms with Gasteiger partial charge < -0.3 is 4.74 Å². The summed E-state index contributed by atoms with van der Waals surface area (Å²) < 4.78 is 6.65. The number of hydrogen-bond acceptors (Lipinski definition) is 3. The second-order valence-electron chi connectivity index (χ2n) is 5.02. The Labute approximate surface area is 133 Å². The van der Waals surface area contributed by atoms with Crippen LogP contribution in [0.25, 0.3) is 10.9 Å². The van der Waals surface area contributed by atoms with Gasteiger partial charge in [0.1, 0.15) is 0 Å². The van der Waals surface area contributed by atoms with Crippen LogP contribution in [0.4, 0.5) is 0 Å². The molecule has 1 heterocycles. The summed E-state index contributed by atoms with van der Waals surface area (Å²) in [5, 5.41) is 5.90. The normalized spacial score (nSPS) is 12.3. The van der Waals surface area contributed by atoms with Gasteiger partial charge in [-0.05, 0) is 23.8 Å². The minimum atomic E-state index is -0.508. The molecular weight excluding hydrogens is 300 g/mol. The fourth-order valence-corrected chi connectivity index (χ4v) is 2.70. The third kappa shape index (κ3) is 2.83. The Kier molecular flexibility index (Phi) is 4.11. The van der Waals surface area contributed by atoms with Crippen molar-refractivity contribution < 1.29 is 9.53 Å². The predicted octanol–water partition coefficient (Wildman–Crippen LogP) is 3.65. The highest BCUT2D eigenvalue weighted by Crippen LogP contribution is 2.24. The molecule has 1 unspecified atom stereocenters. The molecule has 0 fully saturated rings. The molecule has 0 N–H and O–H groups in total. The maximum absolute atomic E-state index is 12.2. The van der Waals surface area contributed by atoms with Crippen LogP contribution in [0.2, 0.25) is 5.02 Å². The Morgan fingerprint density at radius 3 is 2.77 bits per heavy atom. The van der Waals surface area contributed by atoms with E-state index in [1.165, 1.54) is 7.11 Å². The number of aromatic nitrogens is 2. The van der Waals surface area contributed by atoms with Crippen LogP contribution in [-0.4, -0.2) is 22.9 Å². The summed E-state index contributed by atoms with van der Waals surface area (Å²) in [5.74, 6) is -0.316. The third-order valence-corrected chi connectivity index (χ3v) is 3.83. The Morgan fingerprint density at radius 2 is 2.05 bits per heavy atom. The number of hydrogen-bond donors (Lipinski definition) is 0. The van der Waals surface area contributed by atoms with Gasteiger partial charge in [-0.25, -0.2) is 4.79 Å². The molecular formula is C17H15ClN2O2. The summed E-state index contributed by atoms with van der Waals surface area (Å²) >= 11 is 6.00. The number of esters is 1. The Morgan fingerprint density at radius 1 is 1.27 bits per heavy atom.